The molecule has 0 atom stereocenters. The molecule has 0 aromatic carbocycles. The minimum Gasteiger partial charge on any atom is -0.477 e. The van der Waals surface area contributed by atoms with Gasteiger partial charge in [0.25, 0.3) is 5.91 Å². The van der Waals surface area contributed by atoms with Crippen molar-refractivity contribution >= 4 is 35.0 Å². The topological polar surface area (TPSA) is 66.4 Å². The first-order valence-electron chi connectivity index (χ1n) is 5.73. The van der Waals surface area contributed by atoms with Crippen molar-refractivity contribution in [2.24, 2.45) is 0 Å². The Morgan fingerprint density at radius 2 is 2.11 bits per heavy atom. The van der Waals surface area contributed by atoms with E-state index < -0.39 is 5.97 Å². The van der Waals surface area contributed by atoms with Crippen LogP contribution in [-0.2, 0) is 0 Å². The van der Waals surface area contributed by atoms with Crippen molar-refractivity contribution in [3.05, 3.63) is 21.9 Å². The number of amides is 1. The number of carboxylic acid groups (broad SMARTS) is 1. The van der Waals surface area contributed by atoms with E-state index in [1.165, 1.54) is 12.5 Å². The van der Waals surface area contributed by atoms with Crippen LogP contribution in [0.1, 0.15) is 38.6 Å². The van der Waals surface area contributed by atoms with Gasteiger partial charge < -0.3 is 10.4 Å². The molecule has 1 aromatic heterocycles. The molecule has 0 unspecified atom stereocenters. The number of thiophene rings is 1. The fraction of sp³-hybridized carbons (Fsp3) is 0.500. The van der Waals surface area contributed by atoms with Crippen LogP contribution in [0.25, 0.3) is 0 Å². The molecule has 98 valence electrons. The SMILES string of the molecule is CSC1(CNC(=O)c2ccc(C(=O)O)s2)CCC1. The third-order valence-corrected chi connectivity index (χ3v) is 5.80. The van der Waals surface area contributed by atoms with Gasteiger partial charge in [-0.1, -0.05) is 6.42 Å². The van der Waals surface area contributed by atoms with Crippen molar-refractivity contribution in [1.82, 2.24) is 5.32 Å². The Morgan fingerprint density at radius 1 is 1.44 bits per heavy atom. The van der Waals surface area contributed by atoms with E-state index >= 15 is 0 Å². The third kappa shape index (κ3) is 2.70. The van der Waals surface area contributed by atoms with Crippen LogP contribution in [-0.4, -0.2) is 34.5 Å². The van der Waals surface area contributed by atoms with Gasteiger partial charge in [0, 0.05) is 11.3 Å². The summed E-state index contributed by atoms with van der Waals surface area (Å²) in [7, 11) is 0. The van der Waals surface area contributed by atoms with Crippen molar-refractivity contribution in [3.8, 4) is 0 Å². The first-order valence-corrected chi connectivity index (χ1v) is 7.77. The van der Waals surface area contributed by atoms with Gasteiger partial charge in [0.15, 0.2) is 0 Å². The van der Waals surface area contributed by atoms with Crippen molar-refractivity contribution in [2.75, 3.05) is 12.8 Å². The molecule has 1 aliphatic carbocycles. The highest BCUT2D eigenvalue weighted by Crippen LogP contribution is 2.42. The van der Waals surface area contributed by atoms with Crippen molar-refractivity contribution in [3.63, 3.8) is 0 Å². The highest BCUT2D eigenvalue weighted by Gasteiger charge is 2.36. The molecular weight excluding hydrogens is 270 g/mol. The van der Waals surface area contributed by atoms with E-state index in [0.717, 1.165) is 24.2 Å². The lowest BCUT2D eigenvalue weighted by Crippen LogP contribution is -2.45. The molecule has 6 heteroatoms. The number of nitrogens with one attached hydrogen (secondary N) is 1. The van der Waals surface area contributed by atoms with E-state index in [2.05, 4.69) is 11.6 Å². The van der Waals surface area contributed by atoms with Gasteiger partial charge in [-0.25, -0.2) is 4.79 Å². The molecule has 1 saturated carbocycles. The summed E-state index contributed by atoms with van der Waals surface area (Å²) in [6.45, 7) is 0.660. The summed E-state index contributed by atoms with van der Waals surface area (Å²) in [6.07, 6.45) is 5.57. The largest absolute Gasteiger partial charge is 0.477 e. The Morgan fingerprint density at radius 3 is 2.56 bits per heavy atom. The number of thioether (sulfide) groups is 1. The third-order valence-electron chi connectivity index (χ3n) is 3.31. The van der Waals surface area contributed by atoms with Gasteiger partial charge in [-0.05, 0) is 31.2 Å². The van der Waals surface area contributed by atoms with Crippen LogP contribution in [0.4, 0.5) is 0 Å². The summed E-state index contributed by atoms with van der Waals surface area (Å²) < 4.78 is 0.197. The molecule has 2 N–H and O–H groups in total. The van der Waals surface area contributed by atoms with Gasteiger partial charge in [-0.15, -0.1) is 11.3 Å². The maximum Gasteiger partial charge on any atom is 0.345 e. The molecule has 2 rings (SSSR count). The molecule has 4 nitrogen and oxygen atoms in total. The number of carboxylic acids is 1. The van der Waals surface area contributed by atoms with Crippen LogP contribution in [0.2, 0.25) is 0 Å². The van der Waals surface area contributed by atoms with Gasteiger partial charge >= 0.3 is 5.97 Å². The molecule has 0 radical (unpaired) electrons. The normalized spacial score (nSPS) is 16.9. The Balaban J connectivity index is 1.93. The van der Waals surface area contributed by atoms with E-state index in [1.807, 2.05) is 0 Å². The second-order valence-corrected chi connectivity index (χ2v) is 6.75. The lowest BCUT2D eigenvalue weighted by molar-refractivity contribution is 0.0702. The molecule has 1 amide bonds. The second kappa shape index (κ2) is 5.32. The zero-order valence-electron chi connectivity index (χ0n) is 10.1. The average molecular weight is 285 g/mol. The van der Waals surface area contributed by atoms with Gasteiger partial charge in [0.1, 0.15) is 4.88 Å². The average Bonchev–Trinajstić information content (AvgIpc) is 2.77. The Bertz CT molecular complexity index is 460. The Kier molecular flexibility index (Phi) is 3.97. The lowest BCUT2D eigenvalue weighted by Gasteiger charge is -2.40. The second-order valence-electron chi connectivity index (χ2n) is 4.39. The van der Waals surface area contributed by atoms with E-state index in [0.29, 0.717) is 11.4 Å². The van der Waals surface area contributed by atoms with E-state index in [4.69, 9.17) is 5.11 Å². The maximum atomic E-state index is 11.9. The lowest BCUT2D eigenvalue weighted by atomic mass is 9.84. The van der Waals surface area contributed by atoms with Crippen molar-refractivity contribution in [1.29, 1.82) is 0 Å². The number of carbonyl (C=O) groups excluding carboxylic acids is 1. The molecule has 1 fully saturated rings. The molecule has 1 aromatic rings. The molecule has 1 heterocycles. The first-order chi connectivity index (χ1) is 8.56. The first kappa shape index (κ1) is 13.4. The number of hydrogen-bond donors (Lipinski definition) is 2. The quantitative estimate of drug-likeness (QED) is 0.872. The summed E-state index contributed by atoms with van der Waals surface area (Å²) in [5.74, 6) is -1.16. The highest BCUT2D eigenvalue weighted by atomic mass is 32.2. The Labute approximate surface area is 114 Å². The smallest absolute Gasteiger partial charge is 0.345 e. The fourth-order valence-corrected chi connectivity index (χ4v) is 3.60. The van der Waals surface area contributed by atoms with Crippen molar-refractivity contribution < 1.29 is 14.7 Å². The van der Waals surface area contributed by atoms with Gasteiger partial charge in [-0.2, -0.15) is 11.8 Å². The molecule has 0 bridgehead atoms. The predicted molar refractivity (Wildman–Crippen MR) is 73.7 cm³/mol. The van der Waals surface area contributed by atoms with Crippen LogP contribution < -0.4 is 5.32 Å². The number of carbonyl (C=O) groups is 2. The fourth-order valence-electron chi connectivity index (χ4n) is 1.93. The van der Waals surface area contributed by atoms with Gasteiger partial charge in [0.2, 0.25) is 0 Å². The molecule has 1 aliphatic rings. The zero-order valence-corrected chi connectivity index (χ0v) is 11.7. The summed E-state index contributed by atoms with van der Waals surface area (Å²) in [4.78, 5) is 23.3. The molecule has 18 heavy (non-hydrogen) atoms. The van der Waals surface area contributed by atoms with Crippen LogP contribution in [0.15, 0.2) is 12.1 Å². The Hall–Kier alpha value is -1.01. The van der Waals surface area contributed by atoms with Crippen molar-refractivity contribution in [2.45, 2.75) is 24.0 Å². The minimum atomic E-state index is -0.987. The molecule has 0 saturated heterocycles. The van der Waals surface area contributed by atoms with E-state index in [1.54, 1.807) is 17.8 Å². The van der Waals surface area contributed by atoms with Crippen LogP contribution in [0.3, 0.4) is 0 Å². The standard InChI is InChI=1S/C12H15NO3S2/c1-17-12(5-2-6-12)7-13-10(14)8-3-4-9(18-8)11(15)16/h3-4H,2,5-7H2,1H3,(H,13,14)(H,15,16). The van der Waals surface area contributed by atoms with E-state index in [9.17, 15) is 9.59 Å². The summed E-state index contributed by atoms with van der Waals surface area (Å²) in [6, 6.07) is 3.03. The van der Waals surface area contributed by atoms with Crippen LogP contribution >= 0.6 is 23.1 Å². The molecular formula is C12H15NO3S2. The van der Waals surface area contributed by atoms with Crippen LogP contribution in [0.5, 0.6) is 0 Å². The molecule has 0 aliphatic heterocycles. The summed E-state index contributed by atoms with van der Waals surface area (Å²) in [5.41, 5.74) is 0. The van der Waals surface area contributed by atoms with Gasteiger partial charge in [-0.3, -0.25) is 4.79 Å². The highest BCUT2D eigenvalue weighted by molar-refractivity contribution is 8.00. The monoisotopic (exact) mass is 285 g/mol. The van der Waals surface area contributed by atoms with E-state index in [-0.39, 0.29) is 15.5 Å². The summed E-state index contributed by atoms with van der Waals surface area (Å²) >= 11 is 2.82. The number of hydrogen-bond acceptors (Lipinski definition) is 4. The number of rotatable bonds is 5. The molecule has 0 spiro atoms. The van der Waals surface area contributed by atoms with Crippen LogP contribution in [0, 0.1) is 0 Å². The summed E-state index contributed by atoms with van der Waals surface area (Å²) in [5, 5.41) is 11.7. The zero-order chi connectivity index (χ0) is 13.2. The maximum absolute atomic E-state index is 11.9. The minimum absolute atomic E-state index is 0.173. The number of aromatic carboxylic acids is 1. The predicted octanol–water partition coefficient (Wildman–Crippen LogP) is 2.46. The van der Waals surface area contributed by atoms with Gasteiger partial charge in [0.05, 0.1) is 4.88 Å².